The zero-order valence-corrected chi connectivity index (χ0v) is 11.3. The van der Waals surface area contributed by atoms with Crippen LogP contribution >= 0.6 is 11.5 Å². The Balaban J connectivity index is 2.11. The zero-order valence-electron chi connectivity index (χ0n) is 10.5. The molecule has 1 aromatic heterocycles. The van der Waals surface area contributed by atoms with Crippen LogP contribution in [0.2, 0.25) is 0 Å². The van der Waals surface area contributed by atoms with Crippen molar-refractivity contribution in [3.63, 3.8) is 0 Å². The quantitative estimate of drug-likeness (QED) is 0.814. The second-order valence-electron chi connectivity index (χ2n) is 4.59. The van der Waals surface area contributed by atoms with Gasteiger partial charge in [0, 0.05) is 0 Å². The first kappa shape index (κ1) is 12.7. The number of hydrogen-bond acceptors (Lipinski definition) is 4. The summed E-state index contributed by atoms with van der Waals surface area (Å²) in [6.07, 6.45) is 12.0. The zero-order chi connectivity index (χ0) is 11.9. The Morgan fingerprint density at radius 2 is 2.35 bits per heavy atom. The second-order valence-corrected chi connectivity index (χ2v) is 5.40. The van der Waals surface area contributed by atoms with Crippen LogP contribution in [0.15, 0.2) is 17.8 Å². The van der Waals surface area contributed by atoms with E-state index in [0.29, 0.717) is 6.04 Å². The van der Waals surface area contributed by atoms with E-state index in [9.17, 15) is 0 Å². The summed E-state index contributed by atoms with van der Waals surface area (Å²) in [4.78, 5) is 1.26. The molecule has 0 bridgehead atoms. The van der Waals surface area contributed by atoms with Gasteiger partial charge in [-0.15, -0.1) is 5.10 Å². The molecule has 1 aromatic rings. The normalized spacial score (nSPS) is 18.5. The minimum Gasteiger partial charge on any atom is -0.306 e. The van der Waals surface area contributed by atoms with Crippen LogP contribution in [0.25, 0.3) is 0 Å². The summed E-state index contributed by atoms with van der Waals surface area (Å²) in [5.74, 6) is 0. The average molecular weight is 251 g/mol. The fourth-order valence-electron chi connectivity index (χ4n) is 2.31. The van der Waals surface area contributed by atoms with Gasteiger partial charge in [0.05, 0.1) is 17.1 Å². The minimum absolute atomic E-state index is 0.355. The molecule has 4 heteroatoms. The number of rotatable bonds is 5. The van der Waals surface area contributed by atoms with E-state index in [4.69, 9.17) is 0 Å². The van der Waals surface area contributed by atoms with Crippen molar-refractivity contribution in [2.24, 2.45) is 0 Å². The van der Waals surface area contributed by atoms with Crippen LogP contribution in [0, 0.1) is 0 Å². The van der Waals surface area contributed by atoms with Crippen LogP contribution < -0.4 is 5.32 Å². The molecule has 0 saturated heterocycles. The molecule has 1 atom stereocenters. The highest BCUT2D eigenvalue weighted by molar-refractivity contribution is 7.05. The van der Waals surface area contributed by atoms with Gasteiger partial charge < -0.3 is 5.32 Å². The van der Waals surface area contributed by atoms with Crippen LogP contribution in [-0.4, -0.2) is 16.1 Å². The van der Waals surface area contributed by atoms with E-state index >= 15 is 0 Å². The minimum atomic E-state index is 0.355. The van der Waals surface area contributed by atoms with Gasteiger partial charge in [-0.05, 0) is 50.2 Å². The number of nitrogens with zero attached hydrogens (tertiary/aromatic N) is 2. The number of hydrogen-bond donors (Lipinski definition) is 1. The molecule has 1 aliphatic carbocycles. The third kappa shape index (κ3) is 3.61. The van der Waals surface area contributed by atoms with E-state index in [1.807, 2.05) is 6.20 Å². The molecule has 1 heterocycles. The van der Waals surface area contributed by atoms with Crippen LogP contribution in [0.3, 0.4) is 0 Å². The fourth-order valence-corrected chi connectivity index (χ4v) is 2.93. The molecule has 3 nitrogen and oxygen atoms in total. The average Bonchev–Trinajstić information content (AvgIpc) is 2.73. The maximum absolute atomic E-state index is 3.99. The van der Waals surface area contributed by atoms with Gasteiger partial charge in [-0.2, -0.15) is 0 Å². The van der Waals surface area contributed by atoms with Crippen molar-refractivity contribution < 1.29 is 0 Å². The highest BCUT2D eigenvalue weighted by Crippen LogP contribution is 2.30. The molecule has 0 aromatic carbocycles. The lowest BCUT2D eigenvalue weighted by molar-refractivity contribution is 0.573. The summed E-state index contributed by atoms with van der Waals surface area (Å²) in [7, 11) is 0. The summed E-state index contributed by atoms with van der Waals surface area (Å²) in [5, 5.41) is 7.60. The van der Waals surface area contributed by atoms with Gasteiger partial charge in [0.2, 0.25) is 0 Å². The first-order valence-corrected chi connectivity index (χ1v) is 7.38. The van der Waals surface area contributed by atoms with Crippen molar-refractivity contribution >= 4 is 11.5 Å². The lowest BCUT2D eigenvalue weighted by Gasteiger charge is -2.19. The van der Waals surface area contributed by atoms with Crippen molar-refractivity contribution in [1.82, 2.24) is 14.9 Å². The highest BCUT2D eigenvalue weighted by Gasteiger charge is 2.18. The Bertz CT molecular complexity index is 346. The van der Waals surface area contributed by atoms with E-state index in [0.717, 1.165) is 13.0 Å². The molecule has 1 N–H and O–H groups in total. The van der Waals surface area contributed by atoms with Crippen LogP contribution in [0.4, 0.5) is 0 Å². The summed E-state index contributed by atoms with van der Waals surface area (Å²) in [6.45, 7) is 3.26. The predicted molar refractivity (Wildman–Crippen MR) is 72.1 cm³/mol. The van der Waals surface area contributed by atoms with Gasteiger partial charge in [0.15, 0.2) is 0 Å². The van der Waals surface area contributed by atoms with E-state index < -0.39 is 0 Å². The Labute approximate surface area is 107 Å². The molecular weight excluding hydrogens is 230 g/mol. The summed E-state index contributed by atoms with van der Waals surface area (Å²) >= 11 is 1.52. The lowest BCUT2D eigenvalue weighted by Crippen LogP contribution is -2.23. The van der Waals surface area contributed by atoms with Crippen molar-refractivity contribution in [2.75, 3.05) is 6.54 Å². The van der Waals surface area contributed by atoms with Crippen LogP contribution in [-0.2, 0) is 0 Å². The monoisotopic (exact) mass is 251 g/mol. The highest BCUT2D eigenvalue weighted by atomic mass is 32.1. The SMILES string of the molecule is CCCNC(C1=CCCCCC1)c1cnns1. The Hall–Kier alpha value is -0.740. The summed E-state index contributed by atoms with van der Waals surface area (Å²) in [6, 6.07) is 0.355. The molecule has 1 aliphatic rings. The molecular formula is C13H21N3S. The van der Waals surface area contributed by atoms with E-state index in [1.165, 1.54) is 48.5 Å². The second kappa shape index (κ2) is 6.87. The molecule has 17 heavy (non-hydrogen) atoms. The van der Waals surface area contributed by atoms with Gasteiger partial charge in [-0.25, -0.2) is 0 Å². The van der Waals surface area contributed by atoms with Crippen LogP contribution in [0.1, 0.15) is 56.4 Å². The molecule has 0 aliphatic heterocycles. The van der Waals surface area contributed by atoms with Crippen molar-refractivity contribution in [3.05, 3.63) is 22.7 Å². The van der Waals surface area contributed by atoms with Gasteiger partial charge in [0.1, 0.15) is 0 Å². The van der Waals surface area contributed by atoms with E-state index in [-0.39, 0.29) is 0 Å². The third-order valence-corrected chi connectivity index (χ3v) is 3.94. The smallest absolute Gasteiger partial charge is 0.0672 e. The van der Waals surface area contributed by atoms with E-state index in [1.54, 1.807) is 5.57 Å². The van der Waals surface area contributed by atoms with E-state index in [2.05, 4.69) is 27.9 Å². The van der Waals surface area contributed by atoms with Crippen LogP contribution in [0.5, 0.6) is 0 Å². The molecule has 0 radical (unpaired) electrons. The standard InChI is InChI=1S/C13H21N3S/c1-2-9-14-13(12-10-15-16-17-12)11-7-5-3-4-6-8-11/h7,10,13-14H,2-6,8-9H2,1H3. The van der Waals surface area contributed by atoms with Gasteiger partial charge in [-0.1, -0.05) is 29.5 Å². The topological polar surface area (TPSA) is 37.8 Å². The lowest BCUT2D eigenvalue weighted by atomic mass is 10.0. The number of aromatic nitrogens is 2. The maximum Gasteiger partial charge on any atom is 0.0672 e. The molecule has 0 spiro atoms. The Morgan fingerprint density at radius 1 is 1.41 bits per heavy atom. The van der Waals surface area contributed by atoms with Crippen molar-refractivity contribution in [2.45, 2.75) is 51.5 Å². The Morgan fingerprint density at radius 3 is 3.12 bits per heavy atom. The number of allylic oxidation sites excluding steroid dienone is 1. The molecule has 0 fully saturated rings. The number of nitrogens with one attached hydrogen (secondary N) is 1. The summed E-state index contributed by atoms with van der Waals surface area (Å²) in [5.41, 5.74) is 1.54. The van der Waals surface area contributed by atoms with Crippen molar-refractivity contribution in [3.8, 4) is 0 Å². The van der Waals surface area contributed by atoms with Gasteiger partial charge in [-0.3, -0.25) is 0 Å². The predicted octanol–water partition coefficient (Wildman–Crippen LogP) is 3.47. The largest absolute Gasteiger partial charge is 0.306 e. The first-order valence-electron chi connectivity index (χ1n) is 6.61. The van der Waals surface area contributed by atoms with Crippen molar-refractivity contribution in [1.29, 1.82) is 0 Å². The first-order chi connectivity index (χ1) is 8.42. The summed E-state index contributed by atoms with van der Waals surface area (Å²) < 4.78 is 3.99. The molecule has 0 amide bonds. The fraction of sp³-hybridized carbons (Fsp3) is 0.692. The maximum atomic E-state index is 3.99. The molecule has 94 valence electrons. The van der Waals surface area contributed by atoms with Gasteiger partial charge >= 0.3 is 0 Å². The van der Waals surface area contributed by atoms with Gasteiger partial charge in [0.25, 0.3) is 0 Å². The Kier molecular flexibility index (Phi) is 5.13. The molecule has 1 unspecified atom stereocenters. The third-order valence-electron chi connectivity index (χ3n) is 3.21. The molecule has 2 rings (SSSR count). The molecule has 0 saturated carbocycles.